The third-order valence-electron chi connectivity index (χ3n) is 4.85. The molecule has 0 aliphatic carbocycles. The van der Waals surface area contributed by atoms with E-state index < -0.39 is 0 Å². The summed E-state index contributed by atoms with van der Waals surface area (Å²) in [7, 11) is 0. The molecule has 1 N–H and O–H groups in total. The van der Waals surface area contributed by atoms with E-state index in [-0.39, 0.29) is 29.5 Å². The summed E-state index contributed by atoms with van der Waals surface area (Å²) >= 11 is 3.46. The number of benzene rings is 2. The molecule has 3 nitrogen and oxygen atoms in total. The maximum absolute atomic E-state index is 13.3. The second-order valence-electron chi connectivity index (χ2n) is 7.09. The van der Waals surface area contributed by atoms with E-state index in [2.05, 4.69) is 28.2 Å². The third kappa shape index (κ3) is 4.51. The van der Waals surface area contributed by atoms with Crippen molar-refractivity contribution in [2.24, 2.45) is 0 Å². The molecule has 1 aliphatic heterocycles. The van der Waals surface area contributed by atoms with E-state index in [4.69, 9.17) is 4.74 Å². The number of hydrogen-bond donors (Lipinski definition) is 1. The van der Waals surface area contributed by atoms with Gasteiger partial charge >= 0.3 is 0 Å². The van der Waals surface area contributed by atoms with Crippen LogP contribution in [0.4, 0.5) is 4.39 Å². The number of carbonyl (C=O) groups is 1. The van der Waals surface area contributed by atoms with Crippen molar-refractivity contribution in [3.8, 4) is 0 Å². The maximum Gasteiger partial charge on any atom is 0.220 e. The lowest BCUT2D eigenvalue weighted by Gasteiger charge is -2.43. The topological polar surface area (TPSA) is 38.3 Å². The number of ether oxygens (including phenoxy) is 1. The molecule has 2 aromatic carbocycles. The molecule has 1 aliphatic rings. The second kappa shape index (κ2) is 7.89. The van der Waals surface area contributed by atoms with Crippen LogP contribution in [-0.2, 0) is 9.53 Å². The van der Waals surface area contributed by atoms with E-state index >= 15 is 0 Å². The molecule has 1 heterocycles. The molecule has 0 aromatic heterocycles. The Hall–Kier alpha value is -1.72. The molecule has 138 valence electrons. The minimum absolute atomic E-state index is 0.0295. The largest absolute Gasteiger partial charge is 0.365 e. The Kier molecular flexibility index (Phi) is 5.78. The van der Waals surface area contributed by atoms with Gasteiger partial charge in [0.05, 0.1) is 12.2 Å². The summed E-state index contributed by atoms with van der Waals surface area (Å²) in [4.78, 5) is 12.1. The summed E-state index contributed by atoms with van der Waals surface area (Å²) < 4.78 is 20.7. The van der Waals surface area contributed by atoms with Crippen LogP contribution in [0.3, 0.4) is 0 Å². The van der Waals surface area contributed by atoms with Gasteiger partial charge < -0.3 is 10.1 Å². The average Bonchev–Trinajstić information content (AvgIpc) is 2.62. The molecule has 5 heteroatoms. The average molecular weight is 420 g/mol. The Morgan fingerprint density at radius 3 is 2.12 bits per heavy atom. The first kappa shape index (κ1) is 19.1. The lowest BCUT2D eigenvalue weighted by Crippen LogP contribution is -2.50. The molecule has 3 rings (SSSR count). The van der Waals surface area contributed by atoms with Gasteiger partial charge in [0, 0.05) is 29.3 Å². The molecule has 0 radical (unpaired) electrons. The van der Waals surface area contributed by atoms with Crippen LogP contribution in [0.25, 0.3) is 0 Å². The molecular formula is C21H23BrFNO2. The molecule has 0 bridgehead atoms. The highest BCUT2D eigenvalue weighted by molar-refractivity contribution is 9.10. The molecular weight excluding hydrogens is 397 g/mol. The number of hydrogen-bond acceptors (Lipinski definition) is 2. The zero-order valence-electron chi connectivity index (χ0n) is 15.0. The first-order valence-corrected chi connectivity index (χ1v) is 9.65. The van der Waals surface area contributed by atoms with Crippen molar-refractivity contribution >= 4 is 21.8 Å². The summed E-state index contributed by atoms with van der Waals surface area (Å²) in [6, 6.07) is 14.4. The molecule has 0 spiro atoms. The van der Waals surface area contributed by atoms with Gasteiger partial charge in [0.25, 0.3) is 0 Å². The Morgan fingerprint density at radius 1 is 1.12 bits per heavy atom. The lowest BCUT2D eigenvalue weighted by molar-refractivity contribution is -0.128. The van der Waals surface area contributed by atoms with Crippen molar-refractivity contribution in [2.75, 3.05) is 0 Å². The van der Waals surface area contributed by atoms with Crippen LogP contribution in [0, 0.1) is 5.82 Å². The molecule has 2 aromatic rings. The van der Waals surface area contributed by atoms with Crippen LogP contribution < -0.4 is 5.32 Å². The van der Waals surface area contributed by atoms with Crippen molar-refractivity contribution in [3.05, 3.63) is 69.9 Å². The fourth-order valence-electron chi connectivity index (χ4n) is 3.47. The quantitative estimate of drug-likeness (QED) is 0.713. The van der Waals surface area contributed by atoms with Gasteiger partial charge in [-0.25, -0.2) is 4.39 Å². The highest BCUT2D eigenvalue weighted by Gasteiger charge is 2.40. The SMILES string of the molecule is CCC(=O)N[C@]1(C)C[C@@H](c2ccc(F)cc2)O[C@@H](c2ccc(Br)cc2)C1. The van der Waals surface area contributed by atoms with Gasteiger partial charge in [-0.3, -0.25) is 4.79 Å². The molecule has 26 heavy (non-hydrogen) atoms. The van der Waals surface area contributed by atoms with E-state index in [0.717, 1.165) is 15.6 Å². The Bertz CT molecular complexity index is 707. The summed E-state index contributed by atoms with van der Waals surface area (Å²) in [5.74, 6) is -0.238. The number of carbonyl (C=O) groups excluding carboxylic acids is 1. The van der Waals surface area contributed by atoms with Gasteiger partial charge in [-0.15, -0.1) is 0 Å². The highest BCUT2D eigenvalue weighted by atomic mass is 79.9. The highest BCUT2D eigenvalue weighted by Crippen LogP contribution is 2.43. The normalized spacial score (nSPS) is 25.7. The molecule has 1 saturated heterocycles. The molecule has 0 unspecified atom stereocenters. The number of rotatable bonds is 4. The van der Waals surface area contributed by atoms with E-state index in [1.165, 1.54) is 12.1 Å². The van der Waals surface area contributed by atoms with Gasteiger partial charge in [-0.1, -0.05) is 47.1 Å². The Labute approximate surface area is 162 Å². The van der Waals surface area contributed by atoms with E-state index in [9.17, 15) is 9.18 Å². The summed E-state index contributed by atoms with van der Waals surface area (Å²) in [6.45, 7) is 3.91. The minimum Gasteiger partial charge on any atom is -0.365 e. The van der Waals surface area contributed by atoms with Crippen molar-refractivity contribution in [1.82, 2.24) is 5.32 Å². The predicted molar refractivity (Wildman–Crippen MR) is 103 cm³/mol. The predicted octanol–water partition coefficient (Wildman–Crippen LogP) is 5.47. The van der Waals surface area contributed by atoms with Crippen LogP contribution in [0.1, 0.15) is 56.4 Å². The van der Waals surface area contributed by atoms with Gasteiger partial charge in [-0.05, 0) is 42.3 Å². The van der Waals surface area contributed by atoms with Crippen LogP contribution in [0.15, 0.2) is 53.0 Å². The third-order valence-corrected chi connectivity index (χ3v) is 5.37. The monoisotopic (exact) mass is 419 g/mol. The van der Waals surface area contributed by atoms with Crippen molar-refractivity contribution in [3.63, 3.8) is 0 Å². The van der Waals surface area contributed by atoms with Crippen LogP contribution >= 0.6 is 15.9 Å². The van der Waals surface area contributed by atoms with Crippen LogP contribution in [0.2, 0.25) is 0 Å². The van der Waals surface area contributed by atoms with E-state index in [1.54, 1.807) is 12.1 Å². The van der Waals surface area contributed by atoms with Crippen molar-refractivity contribution < 1.29 is 13.9 Å². The minimum atomic E-state index is -0.387. The van der Waals surface area contributed by atoms with Crippen molar-refractivity contribution in [2.45, 2.75) is 50.9 Å². The van der Waals surface area contributed by atoms with Gasteiger partial charge in [-0.2, -0.15) is 0 Å². The lowest BCUT2D eigenvalue weighted by atomic mass is 9.81. The van der Waals surface area contributed by atoms with E-state index in [1.807, 2.05) is 31.2 Å². The summed E-state index contributed by atoms with van der Waals surface area (Å²) in [5.41, 5.74) is 1.60. The van der Waals surface area contributed by atoms with E-state index in [0.29, 0.717) is 19.3 Å². The number of amides is 1. The zero-order valence-corrected chi connectivity index (χ0v) is 16.6. The molecule has 0 saturated carbocycles. The standard InChI is InChI=1S/C21H23BrFNO2/c1-3-20(25)24-21(2)12-18(14-4-8-16(22)9-5-14)26-19(13-21)15-6-10-17(23)11-7-15/h4-11,18-19H,3,12-13H2,1-2H3,(H,24,25)/t18-,19+,21+/m1/s1. The number of halogens is 2. The molecule has 3 atom stereocenters. The fraction of sp³-hybridized carbons (Fsp3) is 0.381. The van der Waals surface area contributed by atoms with Gasteiger partial charge in [0.1, 0.15) is 5.82 Å². The zero-order chi connectivity index (χ0) is 18.7. The van der Waals surface area contributed by atoms with Gasteiger partial charge in [0.15, 0.2) is 0 Å². The first-order valence-electron chi connectivity index (χ1n) is 8.86. The number of nitrogens with one attached hydrogen (secondary N) is 1. The van der Waals surface area contributed by atoms with Crippen molar-refractivity contribution in [1.29, 1.82) is 0 Å². The Balaban J connectivity index is 1.90. The molecule has 1 amide bonds. The maximum atomic E-state index is 13.3. The second-order valence-corrected chi connectivity index (χ2v) is 8.00. The first-order chi connectivity index (χ1) is 12.4. The van der Waals surface area contributed by atoms with Crippen LogP contribution in [0.5, 0.6) is 0 Å². The molecule has 1 fully saturated rings. The van der Waals surface area contributed by atoms with Gasteiger partial charge in [0.2, 0.25) is 5.91 Å². The Morgan fingerprint density at radius 2 is 1.62 bits per heavy atom. The van der Waals surface area contributed by atoms with Crippen LogP contribution in [-0.4, -0.2) is 11.4 Å². The summed E-state index contributed by atoms with van der Waals surface area (Å²) in [6.07, 6.45) is 1.44. The smallest absolute Gasteiger partial charge is 0.220 e. The summed E-state index contributed by atoms with van der Waals surface area (Å²) in [5, 5.41) is 3.16. The fourth-order valence-corrected chi connectivity index (χ4v) is 3.74.